The van der Waals surface area contributed by atoms with Crippen LogP contribution in [0.1, 0.15) is 28.1 Å². The minimum atomic E-state index is -0.348. The summed E-state index contributed by atoms with van der Waals surface area (Å²) in [6, 6.07) is 9.60. The molecule has 0 bridgehead atoms. The topological polar surface area (TPSA) is 49.4 Å². The van der Waals surface area contributed by atoms with E-state index in [1.807, 2.05) is 17.5 Å². The minimum Gasteiger partial charge on any atom is -0.353 e. The lowest BCUT2D eigenvalue weighted by Gasteiger charge is -2.32. The van der Waals surface area contributed by atoms with Gasteiger partial charge in [0.2, 0.25) is 5.91 Å². The van der Waals surface area contributed by atoms with Gasteiger partial charge >= 0.3 is 0 Å². The van der Waals surface area contributed by atoms with E-state index < -0.39 is 0 Å². The fourth-order valence-corrected chi connectivity index (χ4v) is 3.56. The number of benzene rings is 1. The number of hydrogen-bond acceptors (Lipinski definition) is 3. The molecule has 1 aliphatic heterocycles. The van der Waals surface area contributed by atoms with Crippen LogP contribution >= 0.6 is 11.3 Å². The molecule has 1 aromatic heterocycles. The molecular weight excluding hydrogens is 327 g/mol. The standard InChI is InChI=1S/C18H19FN2O2S/c19-14-5-3-13(4-6-14)18(23)21-9-7-15(8-10-21)20-17(22)12-16-2-1-11-24-16/h1-6,11,15H,7-10,12H2,(H,20,22). The fraction of sp³-hybridized carbons (Fsp3) is 0.333. The van der Waals surface area contributed by atoms with Gasteiger partial charge in [-0.15, -0.1) is 11.3 Å². The molecule has 2 amide bonds. The normalized spacial score (nSPS) is 15.3. The molecule has 3 rings (SSSR count). The predicted octanol–water partition coefficient (Wildman–Crippen LogP) is 2.85. The van der Waals surface area contributed by atoms with E-state index >= 15 is 0 Å². The first kappa shape index (κ1) is 16.6. The van der Waals surface area contributed by atoms with Crippen molar-refractivity contribution >= 4 is 23.2 Å². The van der Waals surface area contributed by atoms with Crippen LogP contribution in [0.4, 0.5) is 4.39 Å². The van der Waals surface area contributed by atoms with Crippen LogP contribution < -0.4 is 5.32 Å². The summed E-state index contributed by atoms with van der Waals surface area (Å²) in [5, 5.41) is 5.00. The maximum Gasteiger partial charge on any atom is 0.253 e. The van der Waals surface area contributed by atoms with Crippen molar-refractivity contribution < 1.29 is 14.0 Å². The number of amides is 2. The number of thiophene rings is 1. The van der Waals surface area contributed by atoms with E-state index in [4.69, 9.17) is 0 Å². The highest BCUT2D eigenvalue weighted by Crippen LogP contribution is 2.15. The van der Waals surface area contributed by atoms with Crippen LogP contribution in [0, 0.1) is 5.82 Å². The second kappa shape index (κ2) is 7.57. The van der Waals surface area contributed by atoms with Gasteiger partial charge in [0.25, 0.3) is 5.91 Å². The molecule has 4 nitrogen and oxygen atoms in total. The van der Waals surface area contributed by atoms with Crippen molar-refractivity contribution in [1.29, 1.82) is 0 Å². The molecule has 0 radical (unpaired) electrons. The summed E-state index contributed by atoms with van der Waals surface area (Å²) >= 11 is 1.58. The largest absolute Gasteiger partial charge is 0.353 e. The minimum absolute atomic E-state index is 0.0285. The zero-order chi connectivity index (χ0) is 16.9. The molecule has 1 saturated heterocycles. The van der Waals surface area contributed by atoms with Crippen molar-refractivity contribution in [2.75, 3.05) is 13.1 Å². The average Bonchev–Trinajstić information content (AvgIpc) is 3.08. The van der Waals surface area contributed by atoms with E-state index in [0.717, 1.165) is 17.7 Å². The Labute approximate surface area is 144 Å². The quantitative estimate of drug-likeness (QED) is 0.925. The highest BCUT2D eigenvalue weighted by atomic mass is 32.1. The Hall–Kier alpha value is -2.21. The van der Waals surface area contributed by atoms with E-state index in [0.29, 0.717) is 25.1 Å². The summed E-state index contributed by atoms with van der Waals surface area (Å²) < 4.78 is 12.9. The molecule has 0 atom stereocenters. The summed E-state index contributed by atoms with van der Waals surface area (Å²) in [5.41, 5.74) is 0.497. The molecule has 1 fully saturated rings. The number of carbonyl (C=O) groups excluding carboxylic acids is 2. The number of rotatable bonds is 4. The summed E-state index contributed by atoms with van der Waals surface area (Å²) in [6.07, 6.45) is 1.89. The van der Waals surface area contributed by atoms with Gasteiger partial charge in [0.05, 0.1) is 6.42 Å². The van der Waals surface area contributed by atoms with E-state index in [-0.39, 0.29) is 23.7 Å². The number of piperidine rings is 1. The Kier molecular flexibility index (Phi) is 5.25. The molecule has 1 aliphatic rings. The molecule has 6 heteroatoms. The van der Waals surface area contributed by atoms with Gasteiger partial charge in [0.15, 0.2) is 0 Å². The monoisotopic (exact) mass is 346 g/mol. The molecule has 2 aromatic rings. The Balaban J connectivity index is 1.47. The average molecular weight is 346 g/mol. The van der Waals surface area contributed by atoms with Gasteiger partial charge < -0.3 is 10.2 Å². The summed E-state index contributed by atoms with van der Waals surface area (Å²) in [7, 11) is 0. The van der Waals surface area contributed by atoms with Gasteiger partial charge in [0.1, 0.15) is 5.82 Å². The lowest BCUT2D eigenvalue weighted by atomic mass is 10.0. The first-order chi connectivity index (χ1) is 11.6. The molecule has 2 heterocycles. The third-order valence-corrected chi connectivity index (χ3v) is 5.03. The zero-order valence-electron chi connectivity index (χ0n) is 13.2. The molecule has 1 N–H and O–H groups in total. The second-order valence-electron chi connectivity index (χ2n) is 5.90. The highest BCUT2D eigenvalue weighted by Gasteiger charge is 2.24. The van der Waals surface area contributed by atoms with Crippen molar-refractivity contribution in [1.82, 2.24) is 10.2 Å². The maximum absolute atomic E-state index is 12.9. The maximum atomic E-state index is 12.9. The number of likely N-dealkylation sites (tertiary alicyclic amines) is 1. The number of nitrogens with zero attached hydrogens (tertiary/aromatic N) is 1. The Morgan fingerprint density at radius 1 is 1.17 bits per heavy atom. The number of halogens is 1. The lowest BCUT2D eigenvalue weighted by Crippen LogP contribution is -2.46. The van der Waals surface area contributed by atoms with Gasteiger partial charge in [-0.3, -0.25) is 9.59 Å². The molecule has 126 valence electrons. The third kappa shape index (κ3) is 4.20. The van der Waals surface area contributed by atoms with Crippen molar-refractivity contribution in [2.45, 2.75) is 25.3 Å². The van der Waals surface area contributed by atoms with Gasteiger partial charge in [-0.25, -0.2) is 4.39 Å². The van der Waals surface area contributed by atoms with E-state index in [2.05, 4.69) is 5.32 Å². The van der Waals surface area contributed by atoms with E-state index in [1.54, 1.807) is 16.2 Å². The van der Waals surface area contributed by atoms with Crippen molar-refractivity contribution in [3.63, 3.8) is 0 Å². The lowest BCUT2D eigenvalue weighted by molar-refractivity contribution is -0.121. The van der Waals surface area contributed by atoms with Crippen molar-refractivity contribution in [3.05, 3.63) is 58.0 Å². The molecule has 0 spiro atoms. The van der Waals surface area contributed by atoms with E-state index in [9.17, 15) is 14.0 Å². The van der Waals surface area contributed by atoms with Crippen LogP contribution in [0.3, 0.4) is 0 Å². The Bertz CT molecular complexity index is 692. The molecule has 0 unspecified atom stereocenters. The Morgan fingerprint density at radius 2 is 1.88 bits per heavy atom. The van der Waals surface area contributed by atoms with Crippen LogP contribution in [0.5, 0.6) is 0 Å². The predicted molar refractivity (Wildman–Crippen MR) is 91.5 cm³/mol. The van der Waals surface area contributed by atoms with Crippen molar-refractivity contribution in [2.24, 2.45) is 0 Å². The number of nitrogens with one attached hydrogen (secondary N) is 1. The number of hydrogen-bond donors (Lipinski definition) is 1. The zero-order valence-corrected chi connectivity index (χ0v) is 14.0. The molecule has 24 heavy (non-hydrogen) atoms. The molecule has 0 aliphatic carbocycles. The first-order valence-corrected chi connectivity index (χ1v) is 8.86. The van der Waals surface area contributed by atoms with Gasteiger partial charge in [-0.1, -0.05) is 6.07 Å². The second-order valence-corrected chi connectivity index (χ2v) is 6.93. The smallest absolute Gasteiger partial charge is 0.253 e. The number of carbonyl (C=O) groups is 2. The first-order valence-electron chi connectivity index (χ1n) is 7.98. The van der Waals surface area contributed by atoms with Crippen molar-refractivity contribution in [3.8, 4) is 0 Å². The third-order valence-electron chi connectivity index (χ3n) is 4.15. The summed E-state index contributed by atoms with van der Waals surface area (Å²) in [4.78, 5) is 27.2. The van der Waals surface area contributed by atoms with Gasteiger partial charge in [0, 0.05) is 29.6 Å². The molecule has 1 aromatic carbocycles. The fourth-order valence-electron chi connectivity index (χ4n) is 2.85. The summed E-state index contributed by atoms with van der Waals surface area (Å²) in [5.74, 6) is -0.405. The summed E-state index contributed by atoms with van der Waals surface area (Å²) in [6.45, 7) is 1.19. The van der Waals surface area contributed by atoms with E-state index in [1.165, 1.54) is 24.3 Å². The van der Waals surface area contributed by atoms with Crippen LogP contribution in [0.2, 0.25) is 0 Å². The van der Waals surface area contributed by atoms with Crippen LogP contribution in [0.25, 0.3) is 0 Å². The van der Waals surface area contributed by atoms with Gasteiger partial charge in [-0.05, 0) is 48.6 Å². The Morgan fingerprint density at radius 3 is 2.50 bits per heavy atom. The van der Waals surface area contributed by atoms with Crippen LogP contribution in [-0.2, 0) is 11.2 Å². The highest BCUT2D eigenvalue weighted by molar-refractivity contribution is 7.10. The molecular formula is C18H19FN2O2S. The van der Waals surface area contributed by atoms with Gasteiger partial charge in [-0.2, -0.15) is 0 Å². The molecule has 0 saturated carbocycles. The SMILES string of the molecule is O=C(Cc1cccs1)NC1CCN(C(=O)c2ccc(F)cc2)CC1. The van der Waals surface area contributed by atoms with Crippen LogP contribution in [0.15, 0.2) is 41.8 Å². The van der Waals surface area contributed by atoms with Crippen LogP contribution in [-0.4, -0.2) is 35.8 Å².